The van der Waals surface area contributed by atoms with E-state index in [-0.39, 0.29) is 47.5 Å². The van der Waals surface area contributed by atoms with E-state index in [1.165, 1.54) is 23.6 Å². The second-order valence-corrected chi connectivity index (χ2v) is 20.8. The highest BCUT2D eigenvalue weighted by atomic mass is 16.2. The SMILES string of the molecule is CC(C)C[C@@H]1NCCN([C@@H](CC(C)CCC(C)C[C@@H]2NCCN([C@@H](CC(C)C)C(=O)N3CCC(CCN)CC3)C2=O)C(=O)N2CCC(Cc3nc4c(n3C)CCC4)CC2)C1=O. The van der Waals surface area contributed by atoms with Crippen LogP contribution in [0.5, 0.6) is 0 Å². The molecule has 4 aliphatic heterocycles. The molecule has 4 saturated heterocycles. The summed E-state index contributed by atoms with van der Waals surface area (Å²) in [6.45, 7) is 19.1. The highest BCUT2D eigenvalue weighted by Crippen LogP contribution is 2.30. The first kappa shape index (κ1) is 47.4. The summed E-state index contributed by atoms with van der Waals surface area (Å²) in [6.07, 6.45) is 13.9. The van der Waals surface area contributed by atoms with Gasteiger partial charge in [-0.05, 0) is 119 Å². The maximum Gasteiger partial charge on any atom is 0.245 e. The first-order valence-electron chi connectivity index (χ1n) is 24.6. The molecule has 1 aliphatic carbocycles. The van der Waals surface area contributed by atoms with E-state index in [9.17, 15) is 19.2 Å². The Bertz CT molecular complexity index is 1610. The molecule has 4 N–H and O–H groups in total. The molecule has 0 saturated carbocycles. The number of carbonyl (C=O) groups is 4. The van der Waals surface area contributed by atoms with Crippen LogP contribution in [0.2, 0.25) is 0 Å². The molecule has 2 unspecified atom stereocenters. The lowest BCUT2D eigenvalue weighted by Gasteiger charge is -2.42. The Morgan fingerprint density at radius 2 is 1.25 bits per heavy atom. The van der Waals surface area contributed by atoms with Crippen LogP contribution in [0.3, 0.4) is 0 Å². The number of aromatic nitrogens is 2. The van der Waals surface area contributed by atoms with Gasteiger partial charge in [-0.25, -0.2) is 4.98 Å². The highest BCUT2D eigenvalue weighted by Gasteiger charge is 2.41. The van der Waals surface area contributed by atoms with E-state index < -0.39 is 12.1 Å². The lowest BCUT2D eigenvalue weighted by molar-refractivity contribution is -0.150. The molecule has 6 atom stereocenters. The number of hydrogen-bond donors (Lipinski definition) is 3. The van der Waals surface area contributed by atoms with Crippen LogP contribution in [0.4, 0.5) is 0 Å². The smallest absolute Gasteiger partial charge is 0.245 e. The monoisotopic (exact) mass is 850 g/mol. The van der Waals surface area contributed by atoms with E-state index in [4.69, 9.17) is 10.7 Å². The van der Waals surface area contributed by atoms with Crippen LogP contribution in [0, 0.1) is 35.5 Å². The van der Waals surface area contributed by atoms with Gasteiger partial charge in [-0.3, -0.25) is 19.2 Å². The van der Waals surface area contributed by atoms with Gasteiger partial charge in [0, 0.05) is 71.5 Å². The van der Waals surface area contributed by atoms with Crippen LogP contribution in [0.25, 0.3) is 0 Å². The minimum absolute atomic E-state index is 0.0503. The van der Waals surface area contributed by atoms with Crippen molar-refractivity contribution < 1.29 is 19.2 Å². The molecule has 344 valence electrons. The highest BCUT2D eigenvalue weighted by molar-refractivity contribution is 5.91. The van der Waals surface area contributed by atoms with E-state index in [0.29, 0.717) is 75.7 Å². The van der Waals surface area contributed by atoms with Gasteiger partial charge in [0.1, 0.15) is 17.9 Å². The number of amides is 4. The Balaban J connectivity index is 1.04. The minimum Gasteiger partial charge on any atom is -0.341 e. The summed E-state index contributed by atoms with van der Waals surface area (Å²) in [6, 6.07) is -1.47. The Morgan fingerprint density at radius 3 is 1.79 bits per heavy atom. The number of hydrogen-bond acceptors (Lipinski definition) is 8. The molecule has 1 aromatic rings. The average Bonchev–Trinajstić information content (AvgIpc) is 3.82. The second kappa shape index (κ2) is 22.0. The molecular formula is C48H83N9O4. The molecule has 13 nitrogen and oxygen atoms in total. The summed E-state index contributed by atoms with van der Waals surface area (Å²) in [7, 11) is 2.16. The van der Waals surface area contributed by atoms with Crippen LogP contribution in [0.15, 0.2) is 0 Å². The standard InChI is InChI=1S/C48H83N9O4/c1-32(2)27-39-45(58)57(26-19-50-39)43(48(61)55-23-16-37(17-24-55)31-44-52-38-9-8-10-41(38)53(44)7)30-35(6)12-11-34(5)29-40-46(59)56(25-20-51-40)42(28-33(3)4)47(60)54-21-14-36(13-18-49)15-22-54/h32-37,39-40,42-43,50-51H,8-31,49H2,1-7H3/t34?,35?,39-,40-,42-,43-/m0/s1. The third-order valence-electron chi connectivity index (χ3n) is 14.9. The van der Waals surface area contributed by atoms with E-state index >= 15 is 0 Å². The number of piperazine rings is 2. The summed E-state index contributed by atoms with van der Waals surface area (Å²) in [4.78, 5) is 69.7. The van der Waals surface area contributed by atoms with Gasteiger partial charge in [-0.2, -0.15) is 0 Å². The van der Waals surface area contributed by atoms with Crippen molar-refractivity contribution in [1.82, 2.24) is 39.8 Å². The van der Waals surface area contributed by atoms with Gasteiger partial charge in [-0.1, -0.05) is 54.4 Å². The van der Waals surface area contributed by atoms with Crippen LogP contribution in [-0.4, -0.2) is 136 Å². The molecule has 4 fully saturated rings. The third kappa shape index (κ3) is 12.2. The molecule has 1 aromatic heterocycles. The number of piperidine rings is 2. The fourth-order valence-corrected chi connectivity index (χ4v) is 11.2. The molecule has 0 aromatic carbocycles. The number of imidazole rings is 1. The third-order valence-corrected chi connectivity index (χ3v) is 14.9. The first-order valence-corrected chi connectivity index (χ1v) is 24.6. The fourth-order valence-electron chi connectivity index (χ4n) is 11.2. The van der Waals surface area contributed by atoms with E-state index in [2.05, 4.69) is 68.7 Å². The van der Waals surface area contributed by atoms with Crippen LogP contribution >= 0.6 is 0 Å². The van der Waals surface area contributed by atoms with Gasteiger partial charge in [-0.15, -0.1) is 0 Å². The molecule has 4 amide bonds. The van der Waals surface area contributed by atoms with Crippen molar-refractivity contribution in [2.45, 2.75) is 162 Å². The molecule has 5 aliphatic rings. The number of rotatable bonds is 19. The first-order chi connectivity index (χ1) is 29.2. The Kier molecular flexibility index (Phi) is 17.1. The molecule has 0 bridgehead atoms. The normalized spacial score (nSPS) is 24.2. The van der Waals surface area contributed by atoms with Crippen molar-refractivity contribution in [3.8, 4) is 0 Å². The van der Waals surface area contributed by atoms with Crippen molar-refractivity contribution in [3.05, 3.63) is 17.2 Å². The summed E-state index contributed by atoms with van der Waals surface area (Å²) in [5.74, 6) is 3.76. The van der Waals surface area contributed by atoms with Crippen molar-refractivity contribution in [2.75, 3.05) is 58.9 Å². The number of nitrogens with one attached hydrogen (secondary N) is 2. The Morgan fingerprint density at radius 1 is 0.705 bits per heavy atom. The molecular weight excluding hydrogens is 767 g/mol. The quantitative estimate of drug-likeness (QED) is 0.184. The average molecular weight is 850 g/mol. The lowest BCUT2D eigenvalue weighted by Crippen LogP contribution is -2.62. The van der Waals surface area contributed by atoms with Crippen molar-refractivity contribution in [2.24, 2.45) is 48.3 Å². The maximum atomic E-state index is 14.6. The predicted octanol–water partition coefficient (Wildman–Crippen LogP) is 4.54. The number of fused-ring (bicyclic) bond motifs is 1. The van der Waals surface area contributed by atoms with Gasteiger partial charge in [0.2, 0.25) is 23.6 Å². The Hall–Kier alpha value is -3.03. The van der Waals surface area contributed by atoms with Gasteiger partial charge >= 0.3 is 0 Å². The Labute approximate surface area is 368 Å². The van der Waals surface area contributed by atoms with E-state index in [0.717, 1.165) is 96.8 Å². The second-order valence-electron chi connectivity index (χ2n) is 20.8. The van der Waals surface area contributed by atoms with Crippen molar-refractivity contribution in [1.29, 1.82) is 0 Å². The summed E-state index contributed by atoms with van der Waals surface area (Å²) >= 11 is 0. The zero-order valence-electron chi connectivity index (χ0n) is 39.1. The largest absolute Gasteiger partial charge is 0.341 e. The molecule has 13 heteroatoms. The number of nitrogens with zero attached hydrogens (tertiary/aromatic N) is 6. The number of aryl methyl sites for hydroxylation is 1. The topological polar surface area (TPSA) is 149 Å². The van der Waals surface area contributed by atoms with E-state index in [1.807, 2.05) is 14.7 Å². The number of carbonyl (C=O) groups excluding carboxylic acids is 4. The summed E-state index contributed by atoms with van der Waals surface area (Å²) < 4.78 is 2.32. The predicted molar refractivity (Wildman–Crippen MR) is 242 cm³/mol. The zero-order chi connectivity index (χ0) is 43.8. The van der Waals surface area contributed by atoms with Crippen LogP contribution in [-0.2, 0) is 45.5 Å². The summed E-state index contributed by atoms with van der Waals surface area (Å²) in [5, 5.41) is 6.96. The van der Waals surface area contributed by atoms with Crippen molar-refractivity contribution in [3.63, 3.8) is 0 Å². The van der Waals surface area contributed by atoms with E-state index in [1.54, 1.807) is 0 Å². The van der Waals surface area contributed by atoms with Gasteiger partial charge < -0.3 is 40.5 Å². The molecule has 5 heterocycles. The lowest BCUT2D eigenvalue weighted by atomic mass is 9.87. The van der Waals surface area contributed by atoms with Gasteiger partial charge in [0.05, 0.1) is 17.8 Å². The minimum atomic E-state index is -0.472. The molecule has 0 radical (unpaired) electrons. The van der Waals surface area contributed by atoms with Crippen LogP contribution < -0.4 is 16.4 Å². The van der Waals surface area contributed by atoms with Crippen LogP contribution in [0.1, 0.15) is 136 Å². The van der Waals surface area contributed by atoms with Gasteiger partial charge in [0.15, 0.2) is 0 Å². The molecule has 6 rings (SSSR count). The maximum absolute atomic E-state index is 14.6. The summed E-state index contributed by atoms with van der Waals surface area (Å²) in [5.41, 5.74) is 8.51. The fraction of sp³-hybridized carbons (Fsp3) is 0.854. The number of nitrogens with two attached hydrogens (primary N) is 1. The van der Waals surface area contributed by atoms with Crippen molar-refractivity contribution >= 4 is 23.6 Å². The number of likely N-dealkylation sites (tertiary alicyclic amines) is 2. The molecule has 0 spiro atoms. The molecule has 61 heavy (non-hydrogen) atoms. The van der Waals surface area contributed by atoms with Gasteiger partial charge in [0.25, 0.3) is 0 Å². The zero-order valence-corrected chi connectivity index (χ0v) is 39.1.